The zero-order valence-corrected chi connectivity index (χ0v) is 17.1. The summed E-state index contributed by atoms with van der Waals surface area (Å²) in [7, 11) is 0. The Bertz CT molecular complexity index is 1330. The molecule has 154 valence electrons. The van der Waals surface area contributed by atoms with Crippen LogP contribution < -0.4 is 10.9 Å². The topological polar surface area (TPSA) is 72.7 Å². The molecule has 0 unspecified atom stereocenters. The van der Waals surface area contributed by atoms with Crippen LogP contribution in [0.25, 0.3) is 10.2 Å². The summed E-state index contributed by atoms with van der Waals surface area (Å²) in [5.74, 6) is -4.04. The Morgan fingerprint density at radius 3 is 2.43 bits per heavy atom. The molecule has 2 aromatic carbocycles. The zero-order chi connectivity index (χ0) is 21.6. The minimum atomic E-state index is -1.54. The average molecular weight is 431 g/mol. The van der Waals surface area contributed by atoms with Crippen LogP contribution in [0, 0.1) is 38.2 Å². The van der Waals surface area contributed by atoms with Gasteiger partial charge in [-0.2, -0.15) is 10.1 Å². The first-order valence-corrected chi connectivity index (χ1v) is 9.77. The Balaban J connectivity index is 1.76. The van der Waals surface area contributed by atoms with Crippen molar-refractivity contribution in [2.45, 2.75) is 27.3 Å². The van der Waals surface area contributed by atoms with E-state index in [-0.39, 0.29) is 23.8 Å². The summed E-state index contributed by atoms with van der Waals surface area (Å²) in [6.45, 7) is 5.16. The van der Waals surface area contributed by atoms with Crippen LogP contribution in [0.4, 0.5) is 24.8 Å². The van der Waals surface area contributed by atoms with E-state index in [9.17, 15) is 18.0 Å². The van der Waals surface area contributed by atoms with Crippen molar-refractivity contribution in [2.24, 2.45) is 0 Å². The van der Waals surface area contributed by atoms with Crippen molar-refractivity contribution in [3.8, 4) is 0 Å². The molecule has 10 heteroatoms. The third kappa shape index (κ3) is 3.78. The molecule has 0 spiro atoms. The SMILES string of the molecule is Cc1nc2cc(C)c(Nc3nc(=O)c(C)nn3Cc3cc(F)c(F)c(F)c3)cc2s1. The monoisotopic (exact) mass is 431 g/mol. The van der Waals surface area contributed by atoms with Crippen LogP contribution in [0.2, 0.25) is 0 Å². The molecule has 0 saturated heterocycles. The molecule has 0 fully saturated rings. The Morgan fingerprint density at radius 1 is 1.03 bits per heavy atom. The van der Waals surface area contributed by atoms with Crippen molar-refractivity contribution in [1.82, 2.24) is 19.7 Å². The highest BCUT2D eigenvalue weighted by Gasteiger charge is 2.15. The van der Waals surface area contributed by atoms with Gasteiger partial charge in [0.2, 0.25) is 5.95 Å². The van der Waals surface area contributed by atoms with Gasteiger partial charge in [0.15, 0.2) is 17.5 Å². The molecule has 0 amide bonds. The molecule has 2 aromatic heterocycles. The third-order valence-corrected chi connectivity index (χ3v) is 5.43. The molecule has 2 heterocycles. The number of anilines is 2. The number of rotatable bonds is 4. The summed E-state index contributed by atoms with van der Waals surface area (Å²) in [6, 6.07) is 5.57. The highest BCUT2D eigenvalue weighted by Crippen LogP contribution is 2.29. The van der Waals surface area contributed by atoms with E-state index in [2.05, 4.69) is 20.4 Å². The number of aromatic nitrogens is 4. The van der Waals surface area contributed by atoms with Crippen molar-refractivity contribution in [1.29, 1.82) is 0 Å². The van der Waals surface area contributed by atoms with E-state index in [1.807, 2.05) is 26.0 Å². The molecule has 0 aliphatic rings. The van der Waals surface area contributed by atoms with Gasteiger partial charge < -0.3 is 5.32 Å². The van der Waals surface area contributed by atoms with E-state index in [1.54, 1.807) is 0 Å². The van der Waals surface area contributed by atoms with Gasteiger partial charge in [0, 0.05) is 5.69 Å². The molecule has 0 saturated carbocycles. The van der Waals surface area contributed by atoms with Gasteiger partial charge >= 0.3 is 0 Å². The van der Waals surface area contributed by atoms with E-state index >= 15 is 0 Å². The molecule has 0 radical (unpaired) electrons. The molecule has 0 aliphatic heterocycles. The first-order valence-electron chi connectivity index (χ1n) is 8.95. The van der Waals surface area contributed by atoms with Crippen molar-refractivity contribution in [3.05, 3.63) is 73.9 Å². The van der Waals surface area contributed by atoms with Crippen LogP contribution in [0.15, 0.2) is 29.1 Å². The van der Waals surface area contributed by atoms with Gasteiger partial charge in [-0.15, -0.1) is 11.3 Å². The number of fused-ring (bicyclic) bond motifs is 1. The fourth-order valence-corrected chi connectivity index (χ4v) is 3.88. The van der Waals surface area contributed by atoms with Crippen LogP contribution in [-0.2, 0) is 6.54 Å². The van der Waals surface area contributed by atoms with Crippen LogP contribution in [0.1, 0.15) is 21.8 Å². The number of hydrogen-bond donors (Lipinski definition) is 1. The smallest absolute Gasteiger partial charge is 0.296 e. The van der Waals surface area contributed by atoms with Crippen LogP contribution in [0.5, 0.6) is 0 Å². The average Bonchev–Trinajstić information content (AvgIpc) is 3.02. The number of nitrogens with one attached hydrogen (secondary N) is 1. The van der Waals surface area contributed by atoms with Crippen LogP contribution in [0.3, 0.4) is 0 Å². The van der Waals surface area contributed by atoms with E-state index in [0.29, 0.717) is 5.69 Å². The minimum Gasteiger partial charge on any atom is -0.324 e. The number of halogens is 3. The quantitative estimate of drug-likeness (QED) is 0.486. The molecular formula is C20H16F3N5OS. The van der Waals surface area contributed by atoms with Crippen molar-refractivity contribution in [3.63, 3.8) is 0 Å². The van der Waals surface area contributed by atoms with Gasteiger partial charge in [-0.1, -0.05) is 0 Å². The molecular weight excluding hydrogens is 415 g/mol. The molecule has 4 aromatic rings. The lowest BCUT2D eigenvalue weighted by Crippen LogP contribution is -2.23. The van der Waals surface area contributed by atoms with Gasteiger partial charge in [-0.05, 0) is 56.2 Å². The van der Waals surface area contributed by atoms with Gasteiger partial charge in [0.05, 0.1) is 21.8 Å². The maximum atomic E-state index is 13.6. The Morgan fingerprint density at radius 2 is 1.73 bits per heavy atom. The number of thiazole rings is 1. The second kappa shape index (κ2) is 7.52. The predicted octanol–water partition coefficient (Wildman–Crippen LogP) is 4.38. The summed E-state index contributed by atoms with van der Waals surface area (Å²) < 4.78 is 42.7. The maximum Gasteiger partial charge on any atom is 0.296 e. The van der Waals surface area contributed by atoms with E-state index in [1.165, 1.54) is 22.9 Å². The summed E-state index contributed by atoms with van der Waals surface area (Å²) in [5, 5.41) is 8.18. The molecule has 0 atom stereocenters. The van der Waals surface area contributed by atoms with E-state index < -0.39 is 23.0 Å². The van der Waals surface area contributed by atoms with Gasteiger partial charge in [0.25, 0.3) is 5.56 Å². The first-order chi connectivity index (χ1) is 14.2. The van der Waals surface area contributed by atoms with Gasteiger partial charge in [-0.3, -0.25) is 4.79 Å². The highest BCUT2D eigenvalue weighted by atomic mass is 32.1. The second-order valence-corrected chi connectivity index (χ2v) is 8.08. The van der Waals surface area contributed by atoms with E-state index in [4.69, 9.17) is 0 Å². The number of hydrogen-bond acceptors (Lipinski definition) is 6. The van der Waals surface area contributed by atoms with Crippen molar-refractivity contribution >= 4 is 33.2 Å². The number of nitrogens with zero attached hydrogens (tertiary/aromatic N) is 4. The fourth-order valence-electron chi connectivity index (χ4n) is 3.03. The lowest BCUT2D eigenvalue weighted by Gasteiger charge is -2.15. The lowest BCUT2D eigenvalue weighted by molar-refractivity contribution is 0.444. The molecule has 6 nitrogen and oxygen atoms in total. The largest absolute Gasteiger partial charge is 0.324 e. The fraction of sp³-hybridized carbons (Fsp3) is 0.200. The molecule has 0 bridgehead atoms. The lowest BCUT2D eigenvalue weighted by atomic mass is 10.2. The maximum absolute atomic E-state index is 13.6. The standard InChI is InChI=1S/C20H16F3N5OS/c1-9-4-16-17(30-11(3)24-16)7-15(9)25-20-26-19(29)10(2)27-28(20)8-12-5-13(21)18(23)14(22)6-12/h4-7H,8H2,1-3H3,(H,25,26,29). The molecule has 4 rings (SSSR count). The third-order valence-electron chi connectivity index (χ3n) is 4.50. The predicted molar refractivity (Wildman–Crippen MR) is 109 cm³/mol. The Hall–Kier alpha value is -3.27. The summed E-state index contributed by atoms with van der Waals surface area (Å²) in [5.41, 5.74) is 2.15. The number of benzene rings is 2. The van der Waals surface area contributed by atoms with E-state index in [0.717, 1.165) is 32.9 Å². The molecule has 0 aliphatic carbocycles. The van der Waals surface area contributed by atoms with Crippen molar-refractivity contribution in [2.75, 3.05) is 5.32 Å². The Kier molecular flexibility index (Phi) is 5.02. The Labute approximate surface area is 173 Å². The van der Waals surface area contributed by atoms with Crippen LogP contribution in [-0.4, -0.2) is 19.7 Å². The number of aryl methyl sites for hydroxylation is 3. The highest BCUT2D eigenvalue weighted by molar-refractivity contribution is 7.18. The van der Waals surface area contributed by atoms with Crippen molar-refractivity contribution < 1.29 is 13.2 Å². The zero-order valence-electron chi connectivity index (χ0n) is 16.3. The molecule has 1 N–H and O–H groups in total. The van der Waals surface area contributed by atoms with Gasteiger partial charge in [-0.25, -0.2) is 22.8 Å². The van der Waals surface area contributed by atoms with Crippen LogP contribution >= 0.6 is 11.3 Å². The second-order valence-electron chi connectivity index (χ2n) is 6.85. The minimum absolute atomic E-state index is 0.0967. The summed E-state index contributed by atoms with van der Waals surface area (Å²) in [4.78, 5) is 20.5. The first kappa shape index (κ1) is 20.0. The summed E-state index contributed by atoms with van der Waals surface area (Å²) >= 11 is 1.53. The normalized spacial score (nSPS) is 11.3. The summed E-state index contributed by atoms with van der Waals surface area (Å²) in [6.07, 6.45) is 0. The molecule has 30 heavy (non-hydrogen) atoms. The van der Waals surface area contributed by atoms with Gasteiger partial charge in [0.1, 0.15) is 5.69 Å².